The number of carbonyl (C=O) groups excluding carboxylic acids is 1. The van der Waals surface area contributed by atoms with E-state index in [1.54, 1.807) is 0 Å². The molecule has 1 aliphatic rings. The van der Waals surface area contributed by atoms with Crippen molar-refractivity contribution in [3.63, 3.8) is 0 Å². The Morgan fingerprint density at radius 3 is 2.80 bits per heavy atom. The Balaban J connectivity index is 2.51. The van der Waals surface area contributed by atoms with Gasteiger partial charge in [0.15, 0.2) is 0 Å². The van der Waals surface area contributed by atoms with Gasteiger partial charge < -0.3 is 4.90 Å². The molecule has 1 rings (SSSR count). The van der Waals surface area contributed by atoms with Gasteiger partial charge in [-0.15, -0.1) is 0 Å². The molecule has 0 aromatic heterocycles. The fourth-order valence-electron chi connectivity index (χ4n) is 2.31. The van der Waals surface area contributed by atoms with Gasteiger partial charge in [-0.05, 0) is 40.4 Å². The molecule has 88 valence electrons. The molecule has 0 saturated carbocycles. The Morgan fingerprint density at radius 1 is 1.60 bits per heavy atom. The minimum Gasteiger partial charge on any atom is -0.305 e. The smallest absolute Gasteiger partial charge is 0.149 e. The van der Waals surface area contributed by atoms with Gasteiger partial charge in [0, 0.05) is 19.0 Å². The van der Waals surface area contributed by atoms with Gasteiger partial charge in [0.05, 0.1) is 6.04 Å². The Labute approximate surface area is 93.4 Å². The molecule has 0 radical (unpaired) electrons. The first-order valence-corrected chi connectivity index (χ1v) is 5.99. The first-order valence-electron chi connectivity index (χ1n) is 5.99. The summed E-state index contributed by atoms with van der Waals surface area (Å²) in [5, 5.41) is 0. The van der Waals surface area contributed by atoms with Crippen molar-refractivity contribution in [2.45, 2.75) is 45.2 Å². The standard InChI is InChI=1S/C12H24N2O/c1-5-12(15)10(2)14(4)11-7-6-8-13(3)9-11/h10-11H,5-9H2,1-4H3. The Hall–Kier alpha value is -0.410. The van der Waals surface area contributed by atoms with Gasteiger partial charge in [0.25, 0.3) is 0 Å². The van der Waals surface area contributed by atoms with Crippen molar-refractivity contribution in [3.05, 3.63) is 0 Å². The number of hydrogen-bond acceptors (Lipinski definition) is 3. The topological polar surface area (TPSA) is 23.6 Å². The summed E-state index contributed by atoms with van der Waals surface area (Å²) in [6.45, 7) is 6.26. The summed E-state index contributed by atoms with van der Waals surface area (Å²) in [4.78, 5) is 16.2. The molecule has 2 unspecified atom stereocenters. The molecule has 2 atom stereocenters. The predicted molar refractivity (Wildman–Crippen MR) is 63.0 cm³/mol. The summed E-state index contributed by atoms with van der Waals surface area (Å²) in [5.41, 5.74) is 0. The number of Topliss-reactive ketones (excluding diaryl/α,β-unsaturated/α-hetero) is 1. The van der Waals surface area contributed by atoms with E-state index in [1.165, 1.54) is 19.4 Å². The van der Waals surface area contributed by atoms with Crippen molar-refractivity contribution in [2.24, 2.45) is 0 Å². The van der Waals surface area contributed by atoms with Crippen molar-refractivity contribution in [3.8, 4) is 0 Å². The zero-order chi connectivity index (χ0) is 11.4. The zero-order valence-electron chi connectivity index (χ0n) is 10.5. The van der Waals surface area contributed by atoms with Gasteiger partial charge in [-0.25, -0.2) is 0 Å². The maximum atomic E-state index is 11.6. The number of ketones is 1. The van der Waals surface area contributed by atoms with E-state index in [9.17, 15) is 4.79 Å². The Kier molecular flexibility index (Phi) is 4.74. The number of piperidine rings is 1. The van der Waals surface area contributed by atoms with Gasteiger partial charge >= 0.3 is 0 Å². The molecule has 0 aromatic rings. The van der Waals surface area contributed by atoms with E-state index >= 15 is 0 Å². The quantitative estimate of drug-likeness (QED) is 0.703. The number of likely N-dealkylation sites (tertiary alicyclic amines) is 1. The third-order valence-electron chi connectivity index (χ3n) is 3.60. The molecule has 0 aromatic carbocycles. The van der Waals surface area contributed by atoms with Crippen LogP contribution in [-0.4, -0.2) is 54.9 Å². The van der Waals surface area contributed by atoms with Gasteiger partial charge in [-0.3, -0.25) is 9.69 Å². The minimum atomic E-state index is 0.0755. The average molecular weight is 212 g/mol. The summed E-state index contributed by atoms with van der Waals surface area (Å²) < 4.78 is 0. The van der Waals surface area contributed by atoms with Crippen LogP contribution in [0.5, 0.6) is 0 Å². The fourth-order valence-corrected chi connectivity index (χ4v) is 2.31. The van der Waals surface area contributed by atoms with E-state index < -0.39 is 0 Å². The van der Waals surface area contributed by atoms with Crippen LogP contribution < -0.4 is 0 Å². The van der Waals surface area contributed by atoms with E-state index in [4.69, 9.17) is 0 Å². The summed E-state index contributed by atoms with van der Waals surface area (Å²) in [6, 6.07) is 0.626. The lowest BCUT2D eigenvalue weighted by molar-refractivity contribution is -0.124. The Bertz CT molecular complexity index is 218. The molecule has 1 aliphatic heterocycles. The lowest BCUT2D eigenvalue weighted by atomic mass is 10.0. The van der Waals surface area contributed by atoms with Gasteiger partial charge in [-0.1, -0.05) is 6.92 Å². The van der Waals surface area contributed by atoms with E-state index in [2.05, 4.69) is 23.9 Å². The summed E-state index contributed by atoms with van der Waals surface area (Å²) in [5.74, 6) is 0.353. The first kappa shape index (κ1) is 12.7. The van der Waals surface area contributed by atoms with Crippen LogP contribution in [0.4, 0.5) is 0 Å². The Morgan fingerprint density at radius 2 is 2.27 bits per heavy atom. The maximum absolute atomic E-state index is 11.6. The van der Waals surface area contributed by atoms with E-state index in [0.29, 0.717) is 18.2 Å². The van der Waals surface area contributed by atoms with Crippen molar-refractivity contribution in [2.75, 3.05) is 27.2 Å². The van der Waals surface area contributed by atoms with Crippen LogP contribution in [0.15, 0.2) is 0 Å². The van der Waals surface area contributed by atoms with Crippen molar-refractivity contribution < 1.29 is 4.79 Å². The fraction of sp³-hybridized carbons (Fsp3) is 0.917. The lowest BCUT2D eigenvalue weighted by Crippen LogP contribution is -2.50. The molecule has 0 aliphatic carbocycles. The third kappa shape index (κ3) is 3.28. The molecule has 3 nitrogen and oxygen atoms in total. The second kappa shape index (κ2) is 5.61. The molecule has 0 N–H and O–H groups in total. The summed E-state index contributed by atoms with van der Waals surface area (Å²) in [6.07, 6.45) is 3.12. The van der Waals surface area contributed by atoms with Crippen LogP contribution in [-0.2, 0) is 4.79 Å². The second-order valence-electron chi connectivity index (χ2n) is 4.72. The molecule has 0 bridgehead atoms. The molecule has 15 heavy (non-hydrogen) atoms. The van der Waals surface area contributed by atoms with E-state index in [-0.39, 0.29) is 6.04 Å². The number of rotatable bonds is 4. The first-order chi connectivity index (χ1) is 7.06. The highest BCUT2D eigenvalue weighted by Gasteiger charge is 2.26. The molecular formula is C12H24N2O. The normalized spacial score (nSPS) is 25.5. The highest BCUT2D eigenvalue weighted by Crippen LogP contribution is 2.16. The number of hydrogen-bond donors (Lipinski definition) is 0. The van der Waals surface area contributed by atoms with Crippen LogP contribution >= 0.6 is 0 Å². The molecule has 0 amide bonds. The van der Waals surface area contributed by atoms with Crippen LogP contribution in [0.1, 0.15) is 33.1 Å². The summed E-state index contributed by atoms with van der Waals surface area (Å²) >= 11 is 0. The van der Waals surface area contributed by atoms with Crippen LogP contribution in [0, 0.1) is 0 Å². The highest BCUT2D eigenvalue weighted by atomic mass is 16.1. The molecule has 1 heterocycles. The van der Waals surface area contributed by atoms with Crippen molar-refractivity contribution >= 4 is 5.78 Å². The van der Waals surface area contributed by atoms with Crippen LogP contribution in [0.25, 0.3) is 0 Å². The highest BCUT2D eigenvalue weighted by molar-refractivity contribution is 5.83. The number of likely N-dealkylation sites (N-methyl/N-ethyl adjacent to an activating group) is 2. The SMILES string of the molecule is CCC(=O)C(C)N(C)C1CCCN(C)C1. The van der Waals surface area contributed by atoms with Crippen LogP contribution in [0.3, 0.4) is 0 Å². The van der Waals surface area contributed by atoms with Gasteiger partial charge in [0.2, 0.25) is 0 Å². The average Bonchev–Trinajstić information content (AvgIpc) is 2.26. The molecule has 0 spiro atoms. The van der Waals surface area contributed by atoms with Crippen molar-refractivity contribution in [1.29, 1.82) is 0 Å². The monoisotopic (exact) mass is 212 g/mol. The van der Waals surface area contributed by atoms with E-state index in [0.717, 1.165) is 6.54 Å². The largest absolute Gasteiger partial charge is 0.305 e. The van der Waals surface area contributed by atoms with Crippen molar-refractivity contribution in [1.82, 2.24) is 9.80 Å². The third-order valence-corrected chi connectivity index (χ3v) is 3.60. The number of carbonyl (C=O) groups is 1. The zero-order valence-corrected chi connectivity index (χ0v) is 10.5. The van der Waals surface area contributed by atoms with Crippen LogP contribution in [0.2, 0.25) is 0 Å². The number of nitrogens with zero attached hydrogens (tertiary/aromatic N) is 2. The molecule has 1 fully saturated rings. The minimum absolute atomic E-state index is 0.0755. The van der Waals surface area contributed by atoms with E-state index in [1.807, 2.05) is 13.8 Å². The second-order valence-corrected chi connectivity index (χ2v) is 4.72. The summed E-state index contributed by atoms with van der Waals surface area (Å²) in [7, 11) is 4.24. The van der Waals surface area contributed by atoms with Gasteiger partial charge in [0.1, 0.15) is 5.78 Å². The lowest BCUT2D eigenvalue weighted by Gasteiger charge is -2.38. The molecule has 3 heteroatoms. The molecule has 1 saturated heterocycles. The maximum Gasteiger partial charge on any atom is 0.149 e. The predicted octanol–water partition coefficient (Wildman–Crippen LogP) is 1.38. The molecular weight excluding hydrogens is 188 g/mol. The van der Waals surface area contributed by atoms with Gasteiger partial charge in [-0.2, -0.15) is 0 Å².